The highest BCUT2D eigenvalue weighted by molar-refractivity contribution is 6.04. The zero-order chi connectivity index (χ0) is 15.1. The first-order valence-electron chi connectivity index (χ1n) is 7.15. The van der Waals surface area contributed by atoms with Crippen molar-refractivity contribution in [1.29, 1.82) is 5.26 Å². The monoisotopic (exact) mass is 287 g/mol. The number of hydrogen-bond donors (Lipinski definition) is 1. The number of nitriles is 1. The lowest BCUT2D eigenvalue weighted by Crippen LogP contribution is -2.42. The van der Waals surface area contributed by atoms with E-state index < -0.39 is 0 Å². The van der Waals surface area contributed by atoms with Gasteiger partial charge < -0.3 is 5.32 Å². The molecule has 0 aliphatic carbocycles. The Morgan fingerprint density at radius 1 is 1.09 bits per heavy atom. The number of carbonyl (C=O) groups excluding carboxylic acids is 1. The molecule has 0 bridgehead atoms. The van der Waals surface area contributed by atoms with Crippen LogP contribution in [-0.4, -0.2) is 11.9 Å². The number of anilines is 2. The largest absolute Gasteiger partial charge is 0.376 e. The van der Waals surface area contributed by atoms with Crippen LogP contribution in [0, 0.1) is 11.3 Å². The van der Waals surface area contributed by atoms with E-state index in [1.54, 1.807) is 23.1 Å². The van der Waals surface area contributed by atoms with Crippen LogP contribution < -0.4 is 10.2 Å². The minimum Gasteiger partial charge on any atom is -0.376 e. The third-order valence-electron chi connectivity index (χ3n) is 4.18. The average Bonchev–Trinajstić information content (AvgIpc) is 2.94. The van der Waals surface area contributed by atoms with Crippen molar-refractivity contribution in [3.63, 3.8) is 0 Å². The summed E-state index contributed by atoms with van der Waals surface area (Å²) in [5.74, 6) is -0.0375. The highest BCUT2D eigenvalue weighted by atomic mass is 16.2. The van der Waals surface area contributed by atoms with Gasteiger partial charge in [-0.15, -0.1) is 0 Å². The highest BCUT2D eigenvalue weighted by Gasteiger charge is 2.40. The number of para-hydroxylation sites is 1. The number of rotatable bonds is 1. The van der Waals surface area contributed by atoms with E-state index in [0.717, 1.165) is 16.9 Å². The molecule has 4 rings (SSSR count). The number of amides is 1. The molecule has 0 spiro atoms. The lowest BCUT2D eigenvalue weighted by atomic mass is 9.97. The number of nitrogens with one attached hydrogen (secondary N) is 1. The second kappa shape index (κ2) is 4.74. The maximum Gasteiger partial charge on any atom is 0.251 e. The first-order chi connectivity index (χ1) is 10.8. The first-order valence-corrected chi connectivity index (χ1v) is 7.15. The molecular formula is C18H13N3O. The second-order valence-corrected chi connectivity index (χ2v) is 5.43. The quantitative estimate of drug-likeness (QED) is 0.877. The molecule has 2 aliphatic rings. The summed E-state index contributed by atoms with van der Waals surface area (Å²) in [6.07, 6.45) is 3.53. The molecule has 4 nitrogen and oxygen atoms in total. The Morgan fingerprint density at radius 2 is 1.86 bits per heavy atom. The normalized spacial score (nSPS) is 21.8. The molecule has 4 heteroatoms. The molecule has 1 N–H and O–H groups in total. The minimum atomic E-state index is -0.0540. The van der Waals surface area contributed by atoms with Crippen molar-refractivity contribution in [1.82, 2.24) is 0 Å². The molecule has 0 radical (unpaired) electrons. The van der Waals surface area contributed by atoms with Gasteiger partial charge in [0.25, 0.3) is 5.91 Å². The first kappa shape index (κ1) is 12.7. The summed E-state index contributed by atoms with van der Waals surface area (Å²) in [7, 11) is 0. The van der Waals surface area contributed by atoms with Gasteiger partial charge in [0.2, 0.25) is 0 Å². The van der Waals surface area contributed by atoms with Crippen LogP contribution in [0.1, 0.15) is 17.2 Å². The maximum absolute atomic E-state index is 12.4. The minimum absolute atomic E-state index is 0.0375. The Bertz CT molecular complexity index is 817. The van der Waals surface area contributed by atoms with Crippen LogP contribution >= 0.6 is 0 Å². The lowest BCUT2D eigenvalue weighted by Gasteiger charge is -2.34. The zero-order valence-electron chi connectivity index (χ0n) is 11.7. The molecular weight excluding hydrogens is 274 g/mol. The van der Waals surface area contributed by atoms with Gasteiger partial charge in [0.05, 0.1) is 23.7 Å². The molecule has 2 heterocycles. The number of nitrogens with zero attached hydrogens (tertiary/aromatic N) is 2. The van der Waals surface area contributed by atoms with Crippen molar-refractivity contribution < 1.29 is 4.79 Å². The van der Waals surface area contributed by atoms with Crippen LogP contribution in [0.2, 0.25) is 0 Å². The molecule has 2 aromatic rings. The van der Waals surface area contributed by atoms with Crippen molar-refractivity contribution >= 4 is 17.3 Å². The van der Waals surface area contributed by atoms with Crippen LogP contribution in [0.4, 0.5) is 11.4 Å². The van der Waals surface area contributed by atoms with Crippen LogP contribution in [0.15, 0.2) is 60.7 Å². The summed E-state index contributed by atoms with van der Waals surface area (Å²) >= 11 is 0. The van der Waals surface area contributed by atoms with Gasteiger partial charge in [-0.05, 0) is 30.3 Å². The summed E-state index contributed by atoms with van der Waals surface area (Å²) in [6, 6.07) is 17.3. The molecule has 2 atom stereocenters. The average molecular weight is 287 g/mol. The fourth-order valence-corrected chi connectivity index (χ4v) is 3.18. The van der Waals surface area contributed by atoms with Gasteiger partial charge in [0.15, 0.2) is 0 Å². The topological polar surface area (TPSA) is 56.1 Å². The Labute approximate surface area is 128 Å². The van der Waals surface area contributed by atoms with Gasteiger partial charge in [-0.25, -0.2) is 0 Å². The van der Waals surface area contributed by atoms with Gasteiger partial charge in [0.1, 0.15) is 0 Å². The molecule has 106 valence electrons. The number of hydrogen-bond acceptors (Lipinski definition) is 3. The van der Waals surface area contributed by atoms with E-state index in [4.69, 9.17) is 5.26 Å². The Morgan fingerprint density at radius 3 is 2.64 bits per heavy atom. The fraction of sp³-hybridized carbons (Fsp3) is 0.111. The summed E-state index contributed by atoms with van der Waals surface area (Å²) in [5.41, 5.74) is 3.58. The summed E-state index contributed by atoms with van der Waals surface area (Å²) in [4.78, 5) is 14.2. The van der Waals surface area contributed by atoms with E-state index in [1.165, 1.54) is 0 Å². The highest BCUT2D eigenvalue weighted by Crippen LogP contribution is 2.42. The van der Waals surface area contributed by atoms with Gasteiger partial charge in [-0.1, -0.05) is 24.3 Å². The zero-order valence-corrected chi connectivity index (χ0v) is 11.7. The molecule has 2 unspecified atom stereocenters. The summed E-state index contributed by atoms with van der Waals surface area (Å²) < 4.78 is 0. The van der Waals surface area contributed by atoms with Crippen LogP contribution in [0.5, 0.6) is 0 Å². The molecule has 0 saturated carbocycles. The SMILES string of the molecule is N#Cc1ccc(N2C(=O)C=CC3Nc4ccccc4C32)cc1. The van der Waals surface area contributed by atoms with Gasteiger partial charge in [0, 0.05) is 23.0 Å². The maximum atomic E-state index is 12.4. The summed E-state index contributed by atoms with van der Waals surface area (Å²) in [6.45, 7) is 0. The van der Waals surface area contributed by atoms with E-state index in [9.17, 15) is 4.79 Å². The molecule has 0 saturated heterocycles. The Kier molecular flexibility index (Phi) is 2.73. The molecule has 2 aromatic carbocycles. The Hall–Kier alpha value is -3.06. The van der Waals surface area contributed by atoms with E-state index in [0.29, 0.717) is 5.56 Å². The fourth-order valence-electron chi connectivity index (χ4n) is 3.18. The summed E-state index contributed by atoms with van der Waals surface area (Å²) in [5, 5.41) is 12.4. The molecule has 22 heavy (non-hydrogen) atoms. The Balaban J connectivity index is 1.82. The van der Waals surface area contributed by atoms with Crippen LogP contribution in [-0.2, 0) is 4.79 Å². The van der Waals surface area contributed by atoms with E-state index in [-0.39, 0.29) is 18.0 Å². The molecule has 2 aliphatic heterocycles. The number of benzene rings is 2. The molecule has 1 amide bonds. The van der Waals surface area contributed by atoms with E-state index in [2.05, 4.69) is 17.5 Å². The van der Waals surface area contributed by atoms with E-state index >= 15 is 0 Å². The number of fused-ring (bicyclic) bond motifs is 3. The third kappa shape index (κ3) is 1.80. The third-order valence-corrected chi connectivity index (χ3v) is 4.18. The standard InChI is InChI=1S/C18H13N3O/c19-11-12-5-7-13(8-6-12)21-17(22)10-9-16-18(21)14-3-1-2-4-15(14)20-16/h1-10,16,18,20H. The van der Waals surface area contributed by atoms with Crippen LogP contribution in [0.3, 0.4) is 0 Å². The van der Waals surface area contributed by atoms with Gasteiger partial charge >= 0.3 is 0 Å². The van der Waals surface area contributed by atoms with Crippen molar-refractivity contribution in [3.8, 4) is 6.07 Å². The smallest absolute Gasteiger partial charge is 0.251 e. The predicted molar refractivity (Wildman–Crippen MR) is 84.4 cm³/mol. The van der Waals surface area contributed by atoms with Crippen molar-refractivity contribution in [2.75, 3.05) is 10.2 Å². The molecule has 0 aromatic heterocycles. The van der Waals surface area contributed by atoms with Crippen LogP contribution in [0.25, 0.3) is 0 Å². The van der Waals surface area contributed by atoms with Crippen molar-refractivity contribution in [2.45, 2.75) is 12.1 Å². The van der Waals surface area contributed by atoms with Gasteiger partial charge in [-0.2, -0.15) is 5.26 Å². The van der Waals surface area contributed by atoms with Gasteiger partial charge in [-0.3, -0.25) is 9.69 Å². The van der Waals surface area contributed by atoms with E-state index in [1.807, 2.05) is 36.4 Å². The second-order valence-electron chi connectivity index (χ2n) is 5.43. The van der Waals surface area contributed by atoms with Crippen molar-refractivity contribution in [2.24, 2.45) is 0 Å². The molecule has 0 fully saturated rings. The predicted octanol–water partition coefficient (Wildman–Crippen LogP) is 3.00. The van der Waals surface area contributed by atoms with Crippen molar-refractivity contribution in [3.05, 3.63) is 71.8 Å². The lowest BCUT2D eigenvalue weighted by molar-refractivity contribution is -0.115. The number of carbonyl (C=O) groups is 1.